The number of nitrogens with zero attached hydrogens (tertiary/aromatic N) is 5. The van der Waals surface area contributed by atoms with Crippen molar-refractivity contribution in [3.05, 3.63) is 18.0 Å². The molecule has 0 saturated carbocycles. The number of likely N-dealkylation sites (tertiary alicyclic amines) is 1. The second-order valence-electron chi connectivity index (χ2n) is 8.67. The molecular weight excluding hydrogens is 451 g/mol. The summed E-state index contributed by atoms with van der Waals surface area (Å²) in [7, 11) is 0. The summed E-state index contributed by atoms with van der Waals surface area (Å²) in [6.07, 6.45) is -0.349. The summed E-state index contributed by atoms with van der Waals surface area (Å²) < 4.78 is 42.4. The number of carbonyl (C=O) groups is 2. The van der Waals surface area contributed by atoms with Crippen LogP contribution in [-0.2, 0) is 15.7 Å². The summed E-state index contributed by atoms with van der Waals surface area (Å²) in [5.74, 6) is 0.347. The highest BCUT2D eigenvalue weighted by molar-refractivity contribution is 5.76. The van der Waals surface area contributed by atoms with E-state index >= 15 is 0 Å². The number of rotatable bonds is 2. The van der Waals surface area contributed by atoms with Gasteiger partial charge >= 0.3 is 12.3 Å². The Balaban J connectivity index is 0.000000353. The molecule has 0 atom stereocenters. The molecule has 2 aliphatic heterocycles. The fourth-order valence-electron chi connectivity index (χ4n) is 3.24. The number of alkyl halides is 3. The molecule has 1 aromatic rings. The van der Waals surface area contributed by atoms with Crippen LogP contribution in [0.1, 0.15) is 66.4 Å². The van der Waals surface area contributed by atoms with Crippen LogP contribution in [0.3, 0.4) is 0 Å². The fourth-order valence-corrected chi connectivity index (χ4v) is 3.24. The van der Waals surface area contributed by atoms with E-state index in [1.54, 1.807) is 21.6 Å². The van der Waals surface area contributed by atoms with Crippen molar-refractivity contribution in [1.82, 2.24) is 19.8 Å². The van der Waals surface area contributed by atoms with Crippen LogP contribution in [0.25, 0.3) is 0 Å². The molecule has 3 rings (SSSR count). The first-order chi connectivity index (χ1) is 15.9. The lowest BCUT2D eigenvalue weighted by molar-refractivity contribution is -0.138. The van der Waals surface area contributed by atoms with Crippen LogP contribution in [0.4, 0.5) is 23.9 Å². The number of anilines is 1. The van der Waals surface area contributed by atoms with Gasteiger partial charge in [-0.25, -0.2) is 14.8 Å². The highest BCUT2D eigenvalue weighted by Gasteiger charge is 2.32. The van der Waals surface area contributed by atoms with E-state index in [4.69, 9.17) is 4.74 Å². The van der Waals surface area contributed by atoms with Crippen LogP contribution in [0, 0.1) is 0 Å². The van der Waals surface area contributed by atoms with Gasteiger partial charge in [0.25, 0.3) is 0 Å². The predicted molar refractivity (Wildman–Crippen MR) is 125 cm³/mol. The van der Waals surface area contributed by atoms with Crippen LogP contribution >= 0.6 is 0 Å². The third-order valence-electron chi connectivity index (χ3n) is 4.94. The molecule has 2 aliphatic rings. The molecule has 0 aromatic carbocycles. The Kier molecular flexibility index (Phi) is 11.5. The van der Waals surface area contributed by atoms with Crippen LogP contribution in [0.2, 0.25) is 0 Å². The largest absolute Gasteiger partial charge is 0.444 e. The molecule has 0 spiro atoms. The maximum Gasteiger partial charge on any atom is 0.419 e. The lowest BCUT2D eigenvalue weighted by Crippen LogP contribution is -2.49. The van der Waals surface area contributed by atoms with Crippen molar-refractivity contribution in [2.24, 2.45) is 0 Å². The number of hydrogen-bond acceptors (Lipinski definition) is 6. The molecule has 2 saturated heterocycles. The summed E-state index contributed by atoms with van der Waals surface area (Å²) in [6.45, 7) is 15.3. The molecule has 0 bridgehead atoms. The topological polar surface area (TPSA) is 78.9 Å². The summed E-state index contributed by atoms with van der Waals surface area (Å²) >= 11 is 0. The summed E-state index contributed by atoms with van der Waals surface area (Å²) in [6, 6.07) is 0. The predicted octanol–water partition coefficient (Wildman–Crippen LogP) is 4.60. The summed E-state index contributed by atoms with van der Waals surface area (Å²) in [5.41, 5.74) is -1.22. The SMILES string of the molecule is CC.CC(C)(C)OC(=O)N1CCCC1.CCC(=O)N1CCN(c2ncc(C(F)(F)F)cn2)CC1. The van der Waals surface area contributed by atoms with E-state index in [2.05, 4.69) is 9.97 Å². The van der Waals surface area contributed by atoms with Gasteiger partial charge in [-0.05, 0) is 33.6 Å². The maximum absolute atomic E-state index is 12.4. The third kappa shape index (κ3) is 9.72. The number of piperazine rings is 1. The number of amides is 2. The standard InChI is InChI=1S/C12H15F3N4O.C9H17NO2.C2H6/c1-2-10(20)18-3-5-19(6-4-18)11-16-7-9(8-17-11)12(13,14)15;1-9(2,3)12-8(11)10-6-4-5-7-10;1-2/h7-8H,2-6H2,1H3;4-7H2,1-3H3;1-2H3. The first-order valence-electron chi connectivity index (χ1n) is 11.8. The number of carbonyl (C=O) groups excluding carboxylic acids is 2. The first kappa shape index (κ1) is 29.4. The van der Waals surface area contributed by atoms with E-state index in [0.29, 0.717) is 32.6 Å². The third-order valence-corrected chi connectivity index (χ3v) is 4.94. The smallest absolute Gasteiger partial charge is 0.419 e. The van der Waals surface area contributed by atoms with Gasteiger partial charge in [0.1, 0.15) is 5.60 Å². The van der Waals surface area contributed by atoms with Crippen LogP contribution < -0.4 is 4.90 Å². The number of ether oxygens (including phenoxy) is 1. The van der Waals surface area contributed by atoms with E-state index in [-0.39, 0.29) is 23.5 Å². The van der Waals surface area contributed by atoms with Gasteiger partial charge in [-0.1, -0.05) is 20.8 Å². The zero-order chi connectivity index (χ0) is 25.9. The average molecular weight is 490 g/mol. The molecule has 3 heterocycles. The lowest BCUT2D eigenvalue weighted by Gasteiger charge is -2.34. The van der Waals surface area contributed by atoms with Crippen molar-refractivity contribution in [2.45, 2.75) is 72.6 Å². The Bertz CT molecular complexity index is 753. The Morgan fingerprint density at radius 1 is 0.912 bits per heavy atom. The summed E-state index contributed by atoms with van der Waals surface area (Å²) in [5, 5.41) is 0. The second-order valence-corrected chi connectivity index (χ2v) is 8.67. The monoisotopic (exact) mass is 489 g/mol. The highest BCUT2D eigenvalue weighted by Crippen LogP contribution is 2.28. The molecular formula is C23H38F3N5O3. The molecule has 0 aliphatic carbocycles. The van der Waals surface area contributed by atoms with Crippen molar-refractivity contribution in [3.63, 3.8) is 0 Å². The number of halogens is 3. The Morgan fingerprint density at radius 3 is 1.82 bits per heavy atom. The molecule has 2 fully saturated rings. The minimum atomic E-state index is -4.43. The Labute approximate surface area is 200 Å². The Hall–Kier alpha value is -2.59. The molecule has 0 N–H and O–H groups in total. The van der Waals surface area contributed by atoms with E-state index in [0.717, 1.165) is 38.3 Å². The Morgan fingerprint density at radius 2 is 1.41 bits per heavy atom. The maximum atomic E-state index is 12.4. The van der Waals surface area contributed by atoms with E-state index < -0.39 is 11.7 Å². The summed E-state index contributed by atoms with van der Waals surface area (Å²) in [4.78, 5) is 35.7. The van der Waals surface area contributed by atoms with Gasteiger partial charge in [0.2, 0.25) is 11.9 Å². The van der Waals surface area contributed by atoms with Gasteiger partial charge in [0, 0.05) is 58.1 Å². The quantitative estimate of drug-likeness (QED) is 0.604. The molecule has 8 nitrogen and oxygen atoms in total. The van der Waals surface area contributed by atoms with E-state index in [1.807, 2.05) is 34.6 Å². The molecule has 1 aromatic heterocycles. The second kappa shape index (κ2) is 13.3. The minimum Gasteiger partial charge on any atom is -0.444 e. The van der Waals surface area contributed by atoms with Crippen molar-refractivity contribution < 1.29 is 27.5 Å². The van der Waals surface area contributed by atoms with E-state index in [1.165, 1.54) is 0 Å². The van der Waals surface area contributed by atoms with Crippen LogP contribution in [0.15, 0.2) is 12.4 Å². The lowest BCUT2D eigenvalue weighted by atomic mass is 10.2. The molecule has 0 unspecified atom stereocenters. The molecule has 34 heavy (non-hydrogen) atoms. The van der Waals surface area contributed by atoms with Crippen molar-refractivity contribution in [2.75, 3.05) is 44.2 Å². The van der Waals surface area contributed by atoms with Gasteiger partial charge in [-0.2, -0.15) is 13.2 Å². The minimum absolute atomic E-state index is 0.0815. The highest BCUT2D eigenvalue weighted by atomic mass is 19.4. The van der Waals surface area contributed by atoms with Crippen molar-refractivity contribution in [1.29, 1.82) is 0 Å². The fraction of sp³-hybridized carbons (Fsp3) is 0.739. The molecule has 194 valence electrons. The molecule has 11 heteroatoms. The van der Waals surface area contributed by atoms with Gasteiger partial charge in [0.15, 0.2) is 0 Å². The van der Waals surface area contributed by atoms with Crippen molar-refractivity contribution >= 4 is 17.9 Å². The zero-order valence-electron chi connectivity index (χ0n) is 21.1. The first-order valence-corrected chi connectivity index (χ1v) is 11.8. The normalized spacial score (nSPS) is 16.2. The van der Waals surface area contributed by atoms with E-state index in [9.17, 15) is 22.8 Å². The molecule has 2 amide bonds. The number of hydrogen-bond donors (Lipinski definition) is 0. The van der Waals surface area contributed by atoms with Gasteiger partial charge in [0.05, 0.1) is 5.56 Å². The van der Waals surface area contributed by atoms with Gasteiger partial charge in [-0.15, -0.1) is 0 Å². The van der Waals surface area contributed by atoms with Crippen molar-refractivity contribution in [3.8, 4) is 0 Å². The average Bonchev–Trinajstić information content (AvgIpc) is 3.34. The molecule has 0 radical (unpaired) electrons. The number of aromatic nitrogens is 2. The van der Waals surface area contributed by atoms with Gasteiger partial charge < -0.3 is 19.4 Å². The van der Waals surface area contributed by atoms with Gasteiger partial charge in [-0.3, -0.25) is 4.79 Å². The zero-order valence-corrected chi connectivity index (χ0v) is 21.1. The van der Waals surface area contributed by atoms with Crippen LogP contribution in [0.5, 0.6) is 0 Å². The van der Waals surface area contributed by atoms with Crippen LogP contribution in [-0.4, -0.2) is 76.6 Å².